The van der Waals surface area contributed by atoms with Crippen LogP contribution in [0.2, 0.25) is 0 Å². The van der Waals surface area contributed by atoms with Crippen molar-refractivity contribution in [2.75, 3.05) is 11.8 Å². The van der Waals surface area contributed by atoms with Crippen molar-refractivity contribution in [2.24, 2.45) is 0 Å². The number of sulfonamides is 1. The molecule has 0 unspecified atom stereocenters. The van der Waals surface area contributed by atoms with E-state index < -0.39 is 26.6 Å². The van der Waals surface area contributed by atoms with Gasteiger partial charge in [-0.3, -0.25) is 4.72 Å². The lowest BCUT2D eigenvalue weighted by molar-refractivity contribution is 0.400. The maximum atomic E-state index is 13.5. The molecule has 0 aliphatic heterocycles. The summed E-state index contributed by atoms with van der Waals surface area (Å²) in [6, 6.07) is 5.09. The van der Waals surface area contributed by atoms with Gasteiger partial charge in [-0.1, -0.05) is 0 Å². The highest BCUT2D eigenvalue weighted by atomic mass is 32.2. The Kier molecular flexibility index (Phi) is 3.84. The van der Waals surface area contributed by atoms with Gasteiger partial charge in [0.2, 0.25) is 5.88 Å². The van der Waals surface area contributed by atoms with Crippen molar-refractivity contribution in [2.45, 2.75) is 4.90 Å². The first-order chi connectivity index (χ1) is 9.44. The first kappa shape index (κ1) is 14.2. The molecule has 0 bridgehead atoms. The molecule has 0 atom stereocenters. The van der Waals surface area contributed by atoms with Crippen LogP contribution in [0, 0.1) is 11.6 Å². The van der Waals surface area contributed by atoms with Crippen molar-refractivity contribution in [3.05, 3.63) is 48.2 Å². The monoisotopic (exact) mass is 300 g/mol. The van der Waals surface area contributed by atoms with Crippen molar-refractivity contribution in [3.63, 3.8) is 0 Å². The summed E-state index contributed by atoms with van der Waals surface area (Å²) in [7, 11) is -2.89. The third kappa shape index (κ3) is 2.85. The number of nitrogens with zero attached hydrogens (tertiary/aromatic N) is 1. The number of hydrogen-bond donors (Lipinski definition) is 1. The van der Waals surface area contributed by atoms with Gasteiger partial charge in [-0.25, -0.2) is 22.2 Å². The third-order valence-corrected chi connectivity index (χ3v) is 3.79. The van der Waals surface area contributed by atoms with Crippen molar-refractivity contribution < 1.29 is 21.9 Å². The average molecular weight is 300 g/mol. The Labute approximate surface area is 114 Å². The normalized spacial score (nSPS) is 11.2. The van der Waals surface area contributed by atoms with Gasteiger partial charge in [0.15, 0.2) is 0 Å². The molecule has 8 heteroatoms. The maximum absolute atomic E-state index is 13.5. The van der Waals surface area contributed by atoms with Crippen molar-refractivity contribution in [1.82, 2.24) is 4.98 Å². The number of aromatic nitrogens is 1. The van der Waals surface area contributed by atoms with Crippen LogP contribution in [0.4, 0.5) is 14.5 Å². The van der Waals surface area contributed by atoms with Crippen LogP contribution >= 0.6 is 0 Å². The van der Waals surface area contributed by atoms with Gasteiger partial charge in [0.25, 0.3) is 10.0 Å². The van der Waals surface area contributed by atoms with Crippen molar-refractivity contribution in [3.8, 4) is 5.88 Å². The number of nitrogens with one attached hydrogen (secondary N) is 1. The first-order valence-corrected chi connectivity index (χ1v) is 6.89. The number of halogens is 2. The van der Waals surface area contributed by atoms with Gasteiger partial charge in [-0.2, -0.15) is 0 Å². The largest absolute Gasteiger partial charge is 0.480 e. The highest BCUT2D eigenvalue weighted by molar-refractivity contribution is 7.92. The molecule has 1 heterocycles. The Bertz CT molecular complexity index is 735. The molecule has 1 aromatic carbocycles. The van der Waals surface area contributed by atoms with E-state index in [1.807, 2.05) is 0 Å². The van der Waals surface area contributed by atoms with Gasteiger partial charge in [0, 0.05) is 12.3 Å². The number of hydrogen-bond acceptors (Lipinski definition) is 4. The van der Waals surface area contributed by atoms with Crippen molar-refractivity contribution >= 4 is 15.7 Å². The molecule has 0 amide bonds. The van der Waals surface area contributed by atoms with E-state index in [1.54, 1.807) is 0 Å². The number of benzene rings is 1. The smallest absolute Gasteiger partial charge is 0.264 e. The molecule has 20 heavy (non-hydrogen) atoms. The number of methoxy groups -OCH3 is 1. The lowest BCUT2D eigenvalue weighted by Gasteiger charge is -2.11. The van der Waals surface area contributed by atoms with E-state index in [-0.39, 0.29) is 11.6 Å². The third-order valence-electron chi connectivity index (χ3n) is 2.39. The summed E-state index contributed by atoms with van der Waals surface area (Å²) < 4.78 is 57.4. The minimum absolute atomic E-state index is 0.0404. The standard InChI is InChI=1S/C12H10F2N2O3S/c1-19-12-10(3-2-6-15-12)16-20(17,18)11-5-4-8(13)7-9(11)14/h2-7,16H,1H3. The Balaban J connectivity index is 2.41. The summed E-state index contributed by atoms with van der Waals surface area (Å²) >= 11 is 0. The van der Waals surface area contributed by atoms with Crippen LogP contribution < -0.4 is 9.46 Å². The lowest BCUT2D eigenvalue weighted by atomic mass is 10.3. The molecule has 0 aliphatic carbocycles. The quantitative estimate of drug-likeness (QED) is 0.939. The van der Waals surface area contributed by atoms with Gasteiger partial charge in [-0.15, -0.1) is 0 Å². The average Bonchev–Trinajstić information content (AvgIpc) is 2.38. The van der Waals surface area contributed by atoms with Crippen LogP contribution in [0.25, 0.3) is 0 Å². The van der Waals surface area contributed by atoms with Gasteiger partial charge >= 0.3 is 0 Å². The molecule has 1 N–H and O–H groups in total. The molecule has 2 rings (SSSR count). The molecule has 2 aromatic rings. The summed E-state index contributed by atoms with van der Waals surface area (Å²) in [5.74, 6) is -2.00. The second-order valence-corrected chi connectivity index (χ2v) is 5.39. The van der Waals surface area contributed by atoms with E-state index in [0.29, 0.717) is 6.07 Å². The number of pyridine rings is 1. The Morgan fingerprint density at radius 1 is 1.25 bits per heavy atom. The molecular formula is C12H10F2N2O3S. The Hall–Kier alpha value is -2.22. The van der Waals surface area contributed by atoms with E-state index in [9.17, 15) is 17.2 Å². The van der Waals surface area contributed by atoms with E-state index in [2.05, 4.69) is 9.71 Å². The maximum Gasteiger partial charge on any atom is 0.264 e. The van der Waals surface area contributed by atoms with Crippen LogP contribution in [0.3, 0.4) is 0 Å². The summed E-state index contributed by atoms with van der Waals surface area (Å²) in [6.07, 6.45) is 1.41. The van der Waals surface area contributed by atoms with Gasteiger partial charge in [0.1, 0.15) is 22.2 Å². The molecule has 0 saturated heterocycles. The second kappa shape index (κ2) is 5.41. The summed E-state index contributed by atoms with van der Waals surface area (Å²) in [6.45, 7) is 0. The minimum atomic E-state index is -4.21. The Morgan fingerprint density at radius 2 is 2.00 bits per heavy atom. The zero-order chi connectivity index (χ0) is 14.8. The van der Waals surface area contributed by atoms with Gasteiger partial charge in [0.05, 0.1) is 7.11 Å². The van der Waals surface area contributed by atoms with Gasteiger partial charge in [-0.05, 0) is 24.3 Å². The fraction of sp³-hybridized carbons (Fsp3) is 0.0833. The van der Waals surface area contributed by atoms with E-state index in [1.165, 1.54) is 25.4 Å². The predicted molar refractivity (Wildman–Crippen MR) is 68.0 cm³/mol. The zero-order valence-electron chi connectivity index (χ0n) is 10.3. The number of ether oxygens (including phenoxy) is 1. The molecule has 0 saturated carbocycles. The topological polar surface area (TPSA) is 68.3 Å². The van der Waals surface area contributed by atoms with Crippen LogP contribution in [-0.2, 0) is 10.0 Å². The predicted octanol–water partition coefficient (Wildman–Crippen LogP) is 2.17. The molecule has 0 spiro atoms. The van der Waals surface area contributed by atoms with Gasteiger partial charge < -0.3 is 4.74 Å². The lowest BCUT2D eigenvalue weighted by Crippen LogP contribution is -2.15. The zero-order valence-corrected chi connectivity index (χ0v) is 11.1. The van der Waals surface area contributed by atoms with E-state index in [4.69, 9.17) is 4.74 Å². The van der Waals surface area contributed by atoms with Crippen LogP contribution in [0.15, 0.2) is 41.4 Å². The van der Waals surface area contributed by atoms with Crippen LogP contribution in [-0.4, -0.2) is 20.5 Å². The van der Waals surface area contributed by atoms with E-state index in [0.717, 1.165) is 12.1 Å². The molecule has 0 fully saturated rings. The van der Waals surface area contributed by atoms with Crippen LogP contribution in [0.1, 0.15) is 0 Å². The SMILES string of the molecule is COc1ncccc1NS(=O)(=O)c1ccc(F)cc1F. The number of anilines is 1. The minimum Gasteiger partial charge on any atom is -0.480 e. The molecule has 106 valence electrons. The van der Waals surface area contributed by atoms with Crippen LogP contribution in [0.5, 0.6) is 5.88 Å². The molecule has 5 nitrogen and oxygen atoms in total. The fourth-order valence-corrected chi connectivity index (χ4v) is 2.64. The summed E-state index contributed by atoms with van der Waals surface area (Å²) in [5, 5.41) is 0. The second-order valence-electron chi connectivity index (χ2n) is 3.74. The highest BCUT2D eigenvalue weighted by Gasteiger charge is 2.21. The highest BCUT2D eigenvalue weighted by Crippen LogP contribution is 2.25. The molecule has 0 radical (unpaired) electrons. The van der Waals surface area contributed by atoms with E-state index >= 15 is 0 Å². The fourth-order valence-electron chi connectivity index (χ4n) is 1.52. The molecule has 0 aliphatic rings. The first-order valence-electron chi connectivity index (χ1n) is 5.41. The molecular weight excluding hydrogens is 290 g/mol. The number of rotatable bonds is 4. The molecule has 1 aromatic heterocycles. The Morgan fingerprint density at radius 3 is 2.65 bits per heavy atom. The summed E-state index contributed by atoms with van der Waals surface area (Å²) in [5.41, 5.74) is 0.0544. The summed E-state index contributed by atoms with van der Waals surface area (Å²) in [4.78, 5) is 3.15. The van der Waals surface area contributed by atoms with Crippen molar-refractivity contribution in [1.29, 1.82) is 0 Å².